The van der Waals surface area contributed by atoms with Gasteiger partial charge in [0.25, 0.3) is 0 Å². The van der Waals surface area contributed by atoms with Crippen LogP contribution in [0.25, 0.3) is 0 Å². The molecule has 0 unspecified atom stereocenters. The van der Waals surface area contributed by atoms with Crippen LogP contribution >= 0.6 is 11.8 Å². The van der Waals surface area contributed by atoms with Gasteiger partial charge in [0.15, 0.2) is 11.7 Å². The molecule has 0 aliphatic carbocycles. The summed E-state index contributed by atoms with van der Waals surface area (Å²) in [6.07, 6.45) is 5.83. The van der Waals surface area contributed by atoms with Crippen molar-refractivity contribution < 1.29 is 33.9 Å². The molecule has 1 fully saturated rings. The van der Waals surface area contributed by atoms with Crippen molar-refractivity contribution in [1.82, 2.24) is 21.3 Å². The second-order valence-electron chi connectivity index (χ2n) is 15.3. The molecule has 17 heteroatoms. The molecule has 1 heterocycles. The fourth-order valence-electron chi connectivity index (χ4n) is 6.88. The number of benzene rings is 1. The molecule has 13 N–H and O–H groups in total. The number of carbonyl (C=O) groups excluding carboxylic acids is 6. The number of guanidine groups is 1. The van der Waals surface area contributed by atoms with Crippen LogP contribution in [0.15, 0.2) is 29.3 Å². The van der Waals surface area contributed by atoms with Gasteiger partial charge in [-0.25, -0.2) is 0 Å². The molecule has 0 saturated carbocycles. The molecule has 16 nitrogen and oxygen atoms in total. The van der Waals surface area contributed by atoms with Crippen molar-refractivity contribution in [2.75, 3.05) is 44.2 Å². The average Bonchev–Trinajstić information content (AvgIpc) is 3.19. The van der Waals surface area contributed by atoms with Gasteiger partial charge in [-0.2, -0.15) is 11.8 Å². The van der Waals surface area contributed by atoms with Crippen molar-refractivity contribution in [2.24, 2.45) is 45.7 Å². The van der Waals surface area contributed by atoms with E-state index in [0.717, 1.165) is 18.4 Å². The zero-order valence-corrected chi connectivity index (χ0v) is 35.3. The van der Waals surface area contributed by atoms with E-state index >= 15 is 0 Å². The van der Waals surface area contributed by atoms with Crippen LogP contribution < -0.4 is 44.2 Å². The van der Waals surface area contributed by atoms with Gasteiger partial charge in [-0.1, -0.05) is 38.8 Å². The third kappa shape index (κ3) is 20.6. The van der Waals surface area contributed by atoms with Crippen LogP contribution in [-0.2, 0) is 35.2 Å². The highest BCUT2D eigenvalue weighted by molar-refractivity contribution is 7.99. The predicted octanol–water partition coefficient (Wildman–Crippen LogP) is 1.19. The van der Waals surface area contributed by atoms with Gasteiger partial charge in [0.05, 0.1) is 30.4 Å². The molecule has 6 atom stereocenters. The second-order valence-corrected chi connectivity index (χ2v) is 16.4. The summed E-state index contributed by atoms with van der Waals surface area (Å²) in [4.78, 5) is 83.0. The largest absolute Gasteiger partial charge is 0.508 e. The highest BCUT2D eigenvalue weighted by Gasteiger charge is 2.29. The van der Waals surface area contributed by atoms with E-state index < -0.39 is 30.0 Å². The lowest BCUT2D eigenvalue weighted by Crippen LogP contribution is -2.46. The zero-order valence-electron chi connectivity index (χ0n) is 34.5. The molecule has 1 aliphatic rings. The first-order valence-corrected chi connectivity index (χ1v) is 21.9. The molecule has 326 valence electrons. The van der Waals surface area contributed by atoms with Crippen LogP contribution in [0.2, 0.25) is 0 Å². The van der Waals surface area contributed by atoms with E-state index in [0.29, 0.717) is 76.8 Å². The maximum atomic E-state index is 13.9. The number of nitrogens with two attached hydrogens (primary N) is 4. The Morgan fingerprint density at radius 2 is 1.72 bits per heavy atom. The maximum absolute atomic E-state index is 13.9. The van der Waals surface area contributed by atoms with Crippen molar-refractivity contribution in [3.63, 3.8) is 0 Å². The van der Waals surface area contributed by atoms with Crippen molar-refractivity contribution >= 4 is 52.8 Å². The van der Waals surface area contributed by atoms with Crippen LogP contribution in [0.4, 0.5) is 0 Å². The average molecular weight is 832 g/mol. The monoisotopic (exact) mass is 832 g/mol. The number of amides is 3. The number of nitrogens with one attached hydrogen (secondary N) is 4. The summed E-state index contributed by atoms with van der Waals surface area (Å²) in [6, 6.07) is 4.51. The van der Waals surface area contributed by atoms with E-state index in [9.17, 15) is 33.9 Å². The van der Waals surface area contributed by atoms with E-state index in [1.54, 1.807) is 24.3 Å². The Morgan fingerprint density at radius 3 is 2.40 bits per heavy atom. The van der Waals surface area contributed by atoms with Crippen molar-refractivity contribution in [2.45, 2.75) is 115 Å². The van der Waals surface area contributed by atoms with Gasteiger partial charge >= 0.3 is 0 Å². The lowest BCUT2D eigenvalue weighted by Gasteiger charge is -2.25. The minimum Gasteiger partial charge on any atom is -0.508 e. The summed E-state index contributed by atoms with van der Waals surface area (Å²) in [5, 5.41) is 21.8. The first kappa shape index (κ1) is 50.1. The summed E-state index contributed by atoms with van der Waals surface area (Å²) in [6.45, 7) is 5.21. The molecule has 0 aromatic heterocycles. The first-order chi connectivity index (χ1) is 27.7. The first-order valence-electron chi connectivity index (χ1n) is 20.7. The van der Waals surface area contributed by atoms with E-state index in [4.69, 9.17) is 22.9 Å². The zero-order chi connectivity index (χ0) is 42.9. The van der Waals surface area contributed by atoms with Gasteiger partial charge in [-0.05, 0) is 99.7 Å². The quantitative estimate of drug-likeness (QED) is 0.0508. The molecule has 1 aromatic carbocycles. The summed E-state index contributed by atoms with van der Waals surface area (Å²) in [7, 11) is 0. The minimum atomic E-state index is -0.697. The molecular weight excluding hydrogens is 763 g/mol. The predicted molar refractivity (Wildman–Crippen MR) is 229 cm³/mol. The van der Waals surface area contributed by atoms with Gasteiger partial charge in [0, 0.05) is 38.3 Å². The van der Waals surface area contributed by atoms with Gasteiger partial charge < -0.3 is 49.3 Å². The Labute approximate surface area is 348 Å². The molecule has 0 radical (unpaired) electrons. The number of ketones is 3. The smallest absolute Gasteiger partial charge is 0.234 e. The number of unbranched alkanes of at least 4 members (excludes halogenated alkanes) is 1. The molecule has 1 aliphatic heterocycles. The Bertz CT molecular complexity index is 1480. The van der Waals surface area contributed by atoms with Crippen LogP contribution in [-0.4, -0.2) is 108 Å². The third-order valence-electron chi connectivity index (χ3n) is 10.7. The van der Waals surface area contributed by atoms with E-state index in [1.165, 1.54) is 11.8 Å². The van der Waals surface area contributed by atoms with Gasteiger partial charge in [-0.3, -0.25) is 33.8 Å². The van der Waals surface area contributed by atoms with Gasteiger partial charge in [0.1, 0.15) is 17.3 Å². The Kier molecular flexibility index (Phi) is 24.5. The molecule has 3 amide bonds. The fraction of sp³-hybridized carbons (Fsp3) is 0.683. The maximum Gasteiger partial charge on any atom is 0.234 e. The lowest BCUT2D eigenvalue weighted by molar-refractivity contribution is -0.130. The number of primary amides is 1. The van der Waals surface area contributed by atoms with Crippen molar-refractivity contribution in [3.05, 3.63) is 29.8 Å². The molecular formula is C41H69N9O7S. The highest BCUT2D eigenvalue weighted by atomic mass is 32.2. The number of hydrogen-bond acceptors (Lipinski definition) is 12. The van der Waals surface area contributed by atoms with Gasteiger partial charge in [-0.15, -0.1) is 0 Å². The number of rotatable bonds is 20. The topological polar surface area (TPSA) is 287 Å². The Balaban J connectivity index is 2.23. The molecule has 2 rings (SSSR count). The summed E-state index contributed by atoms with van der Waals surface area (Å²) < 4.78 is 0. The number of phenols is 1. The number of thioether (sulfide) groups is 1. The summed E-state index contributed by atoms with van der Waals surface area (Å²) in [5.41, 5.74) is 23.4. The summed E-state index contributed by atoms with van der Waals surface area (Å²) >= 11 is 1.36. The van der Waals surface area contributed by atoms with Crippen molar-refractivity contribution in [1.29, 1.82) is 0 Å². The number of phenolic OH excluding ortho intramolecular Hbond substituents is 1. The molecule has 1 aromatic rings. The van der Waals surface area contributed by atoms with E-state index in [1.807, 2.05) is 13.8 Å². The lowest BCUT2D eigenvalue weighted by atomic mass is 9.87. The molecule has 0 spiro atoms. The third-order valence-corrected chi connectivity index (χ3v) is 11.7. The molecule has 1 saturated heterocycles. The highest BCUT2D eigenvalue weighted by Crippen LogP contribution is 2.21. The number of Topliss-reactive ketones (excluding diaryl/α,β-unsaturated/α-hetero) is 3. The fourth-order valence-corrected chi connectivity index (χ4v) is 7.71. The van der Waals surface area contributed by atoms with Crippen molar-refractivity contribution in [3.8, 4) is 5.75 Å². The second kappa shape index (κ2) is 28.4. The van der Waals surface area contributed by atoms with Gasteiger partial charge in [0.2, 0.25) is 17.7 Å². The van der Waals surface area contributed by atoms with Crippen LogP contribution in [0.1, 0.15) is 96.5 Å². The standard InChI is InChI=1S/C41H69N9O7S/c1-3-27(2)39-35(53)16-12-30(8-4-5-19-42)36(54)25-49-32(18-22-58-26-38(56)46-21-17-37(55)50-39)34(52)15-11-29(7-6-20-47-41(44)45)24-48-33(40(43)57)23-28-9-13-31(51)14-10-28/h9-10,13-14,27,29-30,32-33,39,48-49,51H,3-8,11-12,15-26,42H2,1-2H3,(H2,43,57)(H,46,56)(H,50,55)(H4,44,45,47)/t27-,29+,30+,32-,33-,39-/m0/s1. The van der Waals surface area contributed by atoms with Crippen LogP contribution in [0.5, 0.6) is 5.75 Å². The SMILES string of the molecule is CC[C@H](C)[C@@H]1NC(=O)CCNC(=O)CSCC[C@@H](C(=O)CC[C@@H](CCCN=C(N)N)CN[C@@H](Cc2ccc(O)cc2)C(N)=O)NCC(=O)[C@H](CCCCN)CCC1=O. The number of hydrogen-bond donors (Lipinski definition) is 9. The number of carbonyl (C=O) groups is 6. The number of nitrogens with zero attached hydrogens (tertiary/aromatic N) is 1. The summed E-state index contributed by atoms with van der Waals surface area (Å²) in [5.74, 6) is -1.28. The number of aliphatic imine (C=N–C) groups is 1. The normalized spacial score (nSPS) is 21.0. The van der Waals surface area contributed by atoms with Crippen LogP contribution in [0, 0.1) is 17.8 Å². The Morgan fingerprint density at radius 1 is 0.983 bits per heavy atom. The Hall–Kier alpha value is -4.06. The molecule has 0 bridgehead atoms. The van der Waals surface area contributed by atoms with E-state index in [-0.39, 0.29) is 90.8 Å². The van der Waals surface area contributed by atoms with Crippen LogP contribution in [0.3, 0.4) is 0 Å². The molecule has 58 heavy (non-hydrogen) atoms. The minimum absolute atomic E-state index is 0.0132. The number of aromatic hydroxyl groups is 1. The van der Waals surface area contributed by atoms with E-state index in [2.05, 4.69) is 26.3 Å².